The number of fused-ring (bicyclic) bond motifs is 3. The van der Waals surface area contributed by atoms with Crippen LogP contribution in [0.25, 0.3) is 10.9 Å². The number of carbonyl (C=O) groups is 1. The number of aromatic nitrogens is 1. The number of nitrogens with one attached hydrogen (secondary N) is 2. The molecule has 7 heteroatoms. The molecule has 1 aliphatic rings. The van der Waals surface area contributed by atoms with Crippen LogP contribution in [-0.2, 0) is 6.42 Å². The average Bonchev–Trinajstić information content (AvgIpc) is 3.13. The fourth-order valence-electron chi connectivity index (χ4n) is 4.20. The van der Waals surface area contributed by atoms with Gasteiger partial charge in [-0.15, -0.1) is 0 Å². The smallest absolute Gasteiger partial charge is 0.322 e. The first-order valence-electron chi connectivity index (χ1n) is 9.88. The standard InChI is InChI=1S/C24H18ClF2N3O/c25-15-3-10-21-20(13-15)19-11-12-30(24(31)28-18-8-6-17(27)7-9-18)23(22(19)29-21)14-1-4-16(26)5-2-14/h1-10,13,23,29H,11-12H2,(H,28,31)/t23-/m1/s1. The van der Waals surface area contributed by atoms with Gasteiger partial charge in [0.2, 0.25) is 0 Å². The Bertz CT molecular complexity index is 1270. The summed E-state index contributed by atoms with van der Waals surface area (Å²) < 4.78 is 26.8. The van der Waals surface area contributed by atoms with E-state index in [1.807, 2.05) is 18.2 Å². The molecule has 5 rings (SSSR count). The van der Waals surface area contributed by atoms with Crippen LogP contribution in [0, 0.1) is 11.6 Å². The van der Waals surface area contributed by atoms with Crippen molar-refractivity contribution in [3.05, 3.63) is 100 Å². The maximum absolute atomic E-state index is 13.6. The topological polar surface area (TPSA) is 48.1 Å². The minimum Gasteiger partial charge on any atom is -0.356 e. The summed E-state index contributed by atoms with van der Waals surface area (Å²) in [6.07, 6.45) is 0.643. The van der Waals surface area contributed by atoms with Crippen LogP contribution >= 0.6 is 11.6 Å². The molecule has 0 unspecified atom stereocenters. The Kier molecular flexibility index (Phi) is 4.87. The van der Waals surface area contributed by atoms with Gasteiger partial charge in [0.1, 0.15) is 11.6 Å². The number of benzene rings is 3. The van der Waals surface area contributed by atoms with Crippen LogP contribution in [-0.4, -0.2) is 22.5 Å². The van der Waals surface area contributed by atoms with Gasteiger partial charge in [-0.25, -0.2) is 13.6 Å². The average molecular weight is 438 g/mol. The van der Waals surface area contributed by atoms with Crippen molar-refractivity contribution in [2.75, 3.05) is 11.9 Å². The van der Waals surface area contributed by atoms with E-state index >= 15 is 0 Å². The zero-order chi connectivity index (χ0) is 21.5. The molecular weight excluding hydrogens is 420 g/mol. The maximum atomic E-state index is 13.6. The lowest BCUT2D eigenvalue weighted by Gasteiger charge is -2.36. The van der Waals surface area contributed by atoms with E-state index in [1.165, 1.54) is 36.4 Å². The highest BCUT2D eigenvalue weighted by molar-refractivity contribution is 6.31. The number of H-pyrrole nitrogens is 1. The molecule has 0 radical (unpaired) electrons. The lowest BCUT2D eigenvalue weighted by molar-refractivity contribution is 0.193. The maximum Gasteiger partial charge on any atom is 0.322 e. The van der Waals surface area contributed by atoms with Crippen molar-refractivity contribution in [3.8, 4) is 0 Å². The van der Waals surface area contributed by atoms with Crippen LogP contribution in [0.15, 0.2) is 66.7 Å². The molecule has 2 N–H and O–H groups in total. The number of hydrogen-bond acceptors (Lipinski definition) is 1. The van der Waals surface area contributed by atoms with Crippen LogP contribution < -0.4 is 5.32 Å². The third-order valence-electron chi connectivity index (χ3n) is 5.63. The largest absolute Gasteiger partial charge is 0.356 e. The number of aromatic amines is 1. The lowest BCUT2D eigenvalue weighted by Crippen LogP contribution is -2.43. The molecule has 0 fully saturated rings. The van der Waals surface area contributed by atoms with Crippen molar-refractivity contribution in [1.29, 1.82) is 0 Å². The van der Waals surface area contributed by atoms with Crippen LogP contribution in [0.5, 0.6) is 0 Å². The molecule has 0 bridgehead atoms. The molecule has 0 aliphatic carbocycles. The van der Waals surface area contributed by atoms with Gasteiger partial charge in [-0.1, -0.05) is 23.7 Å². The number of anilines is 1. The molecule has 1 aliphatic heterocycles. The van der Waals surface area contributed by atoms with Crippen molar-refractivity contribution >= 4 is 34.2 Å². The molecule has 4 nitrogen and oxygen atoms in total. The Morgan fingerprint density at radius 2 is 1.68 bits per heavy atom. The number of nitrogens with zero attached hydrogens (tertiary/aromatic N) is 1. The lowest BCUT2D eigenvalue weighted by atomic mass is 9.92. The molecule has 1 atom stereocenters. The van der Waals surface area contributed by atoms with Gasteiger partial charge in [-0.2, -0.15) is 0 Å². The number of hydrogen-bond donors (Lipinski definition) is 2. The molecule has 156 valence electrons. The summed E-state index contributed by atoms with van der Waals surface area (Å²) in [5, 5.41) is 4.50. The molecule has 4 aromatic rings. The normalized spacial score (nSPS) is 15.7. The number of urea groups is 1. The number of carbonyl (C=O) groups excluding carboxylic acids is 1. The zero-order valence-corrected chi connectivity index (χ0v) is 17.1. The van der Waals surface area contributed by atoms with Crippen LogP contribution in [0.2, 0.25) is 5.02 Å². The monoisotopic (exact) mass is 437 g/mol. The fraction of sp³-hybridized carbons (Fsp3) is 0.125. The van der Waals surface area contributed by atoms with Gasteiger partial charge in [-0.05, 0) is 72.1 Å². The Balaban J connectivity index is 1.58. The summed E-state index contributed by atoms with van der Waals surface area (Å²) in [4.78, 5) is 18.3. The summed E-state index contributed by atoms with van der Waals surface area (Å²) in [5.41, 5.74) is 4.19. The van der Waals surface area contributed by atoms with Crippen molar-refractivity contribution in [1.82, 2.24) is 9.88 Å². The van der Waals surface area contributed by atoms with Crippen LogP contribution in [0.4, 0.5) is 19.3 Å². The second-order valence-electron chi connectivity index (χ2n) is 7.54. The van der Waals surface area contributed by atoms with Crippen LogP contribution in [0.1, 0.15) is 22.9 Å². The summed E-state index contributed by atoms with van der Waals surface area (Å²) >= 11 is 6.21. The molecule has 0 saturated heterocycles. The molecule has 31 heavy (non-hydrogen) atoms. The summed E-state index contributed by atoms with van der Waals surface area (Å²) in [6, 6.07) is 16.7. The van der Waals surface area contributed by atoms with Gasteiger partial charge in [0, 0.05) is 33.9 Å². The zero-order valence-electron chi connectivity index (χ0n) is 16.3. The van der Waals surface area contributed by atoms with E-state index < -0.39 is 6.04 Å². The highest BCUT2D eigenvalue weighted by Gasteiger charge is 2.34. The minimum atomic E-state index is -0.434. The van der Waals surface area contributed by atoms with E-state index in [-0.39, 0.29) is 17.7 Å². The third-order valence-corrected chi connectivity index (χ3v) is 5.87. The van der Waals surface area contributed by atoms with Crippen LogP contribution in [0.3, 0.4) is 0 Å². The highest BCUT2D eigenvalue weighted by Crippen LogP contribution is 2.39. The minimum absolute atomic E-state index is 0.316. The first-order chi connectivity index (χ1) is 15.0. The molecule has 0 saturated carbocycles. The fourth-order valence-corrected chi connectivity index (χ4v) is 4.37. The quantitative estimate of drug-likeness (QED) is 0.381. The van der Waals surface area contributed by atoms with Crippen molar-refractivity contribution in [2.24, 2.45) is 0 Å². The van der Waals surface area contributed by atoms with Crippen molar-refractivity contribution < 1.29 is 13.6 Å². The molecule has 0 spiro atoms. The van der Waals surface area contributed by atoms with Gasteiger partial charge < -0.3 is 15.2 Å². The molecule has 2 heterocycles. The van der Waals surface area contributed by atoms with Gasteiger partial charge >= 0.3 is 6.03 Å². The predicted octanol–water partition coefficient (Wildman–Crippen LogP) is 6.28. The second-order valence-corrected chi connectivity index (χ2v) is 7.98. The van der Waals surface area contributed by atoms with E-state index in [4.69, 9.17) is 11.6 Å². The van der Waals surface area contributed by atoms with E-state index in [9.17, 15) is 13.6 Å². The number of halogens is 3. The van der Waals surface area contributed by atoms with Crippen molar-refractivity contribution in [3.63, 3.8) is 0 Å². The van der Waals surface area contributed by atoms with E-state index in [0.29, 0.717) is 23.7 Å². The molecular formula is C24H18ClF2N3O. The summed E-state index contributed by atoms with van der Waals surface area (Å²) in [5.74, 6) is -0.716. The highest BCUT2D eigenvalue weighted by atomic mass is 35.5. The Hall–Kier alpha value is -3.38. The predicted molar refractivity (Wildman–Crippen MR) is 117 cm³/mol. The molecule has 2 amide bonds. The molecule has 1 aromatic heterocycles. The second kappa shape index (κ2) is 7.71. The van der Waals surface area contributed by atoms with Crippen molar-refractivity contribution in [2.45, 2.75) is 12.5 Å². The summed E-state index contributed by atoms with van der Waals surface area (Å²) in [6.45, 7) is 0.460. The number of amides is 2. The van der Waals surface area contributed by atoms with Gasteiger partial charge in [0.05, 0.1) is 6.04 Å². The first-order valence-corrected chi connectivity index (χ1v) is 10.3. The third kappa shape index (κ3) is 3.64. The van der Waals surface area contributed by atoms with E-state index in [2.05, 4.69) is 10.3 Å². The first kappa shape index (κ1) is 19.6. The van der Waals surface area contributed by atoms with Gasteiger partial charge in [-0.3, -0.25) is 0 Å². The Morgan fingerprint density at radius 1 is 1.00 bits per heavy atom. The Labute approximate surface area is 182 Å². The van der Waals surface area contributed by atoms with Gasteiger partial charge in [0.15, 0.2) is 0 Å². The van der Waals surface area contributed by atoms with Gasteiger partial charge in [0.25, 0.3) is 0 Å². The van der Waals surface area contributed by atoms with E-state index in [0.717, 1.165) is 27.7 Å². The Morgan fingerprint density at radius 3 is 2.39 bits per heavy atom. The summed E-state index contributed by atoms with van der Waals surface area (Å²) in [7, 11) is 0. The molecule has 3 aromatic carbocycles. The SMILES string of the molecule is O=C(Nc1ccc(F)cc1)N1CCc2c([nH]c3ccc(Cl)cc23)[C@H]1c1ccc(F)cc1. The van der Waals surface area contributed by atoms with E-state index in [1.54, 1.807) is 17.0 Å². The number of rotatable bonds is 2.